The molecule has 2 fully saturated rings. The van der Waals surface area contributed by atoms with Gasteiger partial charge in [-0.1, -0.05) is 24.3 Å². The van der Waals surface area contributed by atoms with Crippen LogP contribution in [-0.4, -0.2) is 101 Å². The first-order valence-corrected chi connectivity index (χ1v) is 15.4. The highest BCUT2D eigenvalue weighted by atomic mass is 16.5. The summed E-state index contributed by atoms with van der Waals surface area (Å²) in [5.41, 5.74) is 3.12. The third-order valence-electron chi connectivity index (χ3n) is 8.21. The second-order valence-corrected chi connectivity index (χ2v) is 11.7. The fraction of sp³-hybridized carbons (Fsp3) is 0.424. The van der Waals surface area contributed by atoms with E-state index in [9.17, 15) is 9.59 Å². The van der Waals surface area contributed by atoms with Crippen molar-refractivity contribution in [3.05, 3.63) is 72.2 Å². The minimum Gasteiger partial charge on any atom is -0.494 e. The van der Waals surface area contributed by atoms with E-state index >= 15 is 0 Å². The highest BCUT2D eigenvalue weighted by molar-refractivity contribution is 6.06. The van der Waals surface area contributed by atoms with Crippen LogP contribution in [0.3, 0.4) is 0 Å². The summed E-state index contributed by atoms with van der Waals surface area (Å²) in [5, 5.41) is 5.52. The molecule has 11 nitrogen and oxygen atoms in total. The van der Waals surface area contributed by atoms with Crippen LogP contribution in [0.1, 0.15) is 35.7 Å². The topological polar surface area (TPSA) is 99.9 Å². The predicted octanol–water partition coefficient (Wildman–Crippen LogP) is 3.54. The van der Waals surface area contributed by atoms with E-state index in [1.54, 1.807) is 6.33 Å². The maximum Gasteiger partial charge on any atom is 0.256 e. The minimum absolute atomic E-state index is 0.0476. The molecule has 2 aromatic heterocycles. The summed E-state index contributed by atoms with van der Waals surface area (Å²) in [7, 11) is 3.99. The van der Waals surface area contributed by atoms with E-state index < -0.39 is 0 Å². The van der Waals surface area contributed by atoms with Crippen molar-refractivity contribution in [3.8, 4) is 5.75 Å². The van der Waals surface area contributed by atoms with Gasteiger partial charge in [-0.15, -0.1) is 0 Å². The van der Waals surface area contributed by atoms with Gasteiger partial charge in [-0.05, 0) is 63.7 Å². The van der Waals surface area contributed by atoms with Crippen LogP contribution in [0.25, 0.3) is 11.0 Å². The number of likely N-dealkylation sites (N-methyl/N-ethyl adjacent to an activating group) is 1. The summed E-state index contributed by atoms with van der Waals surface area (Å²) < 4.78 is 7.54. The largest absolute Gasteiger partial charge is 0.494 e. The first kappa shape index (κ1) is 29.6. The average molecular weight is 597 g/mol. The van der Waals surface area contributed by atoms with E-state index in [4.69, 9.17) is 4.74 Å². The van der Waals surface area contributed by atoms with Gasteiger partial charge in [0.2, 0.25) is 5.91 Å². The van der Waals surface area contributed by atoms with Gasteiger partial charge in [-0.2, -0.15) is 5.10 Å². The zero-order chi connectivity index (χ0) is 30.6. The lowest BCUT2D eigenvalue weighted by Gasteiger charge is -2.36. The summed E-state index contributed by atoms with van der Waals surface area (Å²) in [6.45, 7) is 6.79. The van der Waals surface area contributed by atoms with Crippen molar-refractivity contribution < 1.29 is 14.3 Å². The van der Waals surface area contributed by atoms with Gasteiger partial charge >= 0.3 is 0 Å². The normalized spacial score (nSPS) is 15.2. The molecule has 1 aliphatic heterocycles. The number of carbonyl (C=O) groups excluding carboxylic acids is 2. The molecule has 1 saturated carbocycles. The second kappa shape index (κ2) is 13.0. The molecule has 6 rings (SSSR count). The van der Waals surface area contributed by atoms with Gasteiger partial charge < -0.3 is 24.3 Å². The number of hydrogen-bond acceptors (Lipinski definition) is 8. The first-order chi connectivity index (χ1) is 21.4. The molecule has 4 aromatic rings. The third-order valence-corrected chi connectivity index (χ3v) is 8.21. The third kappa shape index (κ3) is 6.37. The van der Waals surface area contributed by atoms with E-state index in [1.165, 1.54) is 0 Å². The van der Waals surface area contributed by atoms with Crippen molar-refractivity contribution in [2.75, 3.05) is 69.8 Å². The van der Waals surface area contributed by atoms with E-state index in [0.29, 0.717) is 57.1 Å². The quantitative estimate of drug-likeness (QED) is 0.259. The number of rotatable bonds is 11. The Balaban J connectivity index is 1.16. The second-order valence-electron chi connectivity index (χ2n) is 11.7. The van der Waals surface area contributed by atoms with Crippen LogP contribution in [0.15, 0.2) is 61.1 Å². The minimum atomic E-state index is -0.0476. The van der Waals surface area contributed by atoms with Gasteiger partial charge in [0, 0.05) is 45.2 Å². The standard InChI is InChI=1S/C33H40N8O3/c1-4-44-26-9-7-8-24(20-26)22-41-31-28(21-36-41)30(34-23-35-31)38-15-17-39(18-16-38)33(43)27-10-5-6-11-29(27)40(19-14-37(2)3)32(42)25-12-13-25/h5-11,20-21,23,25H,4,12-19,22H2,1-3H3. The van der Waals surface area contributed by atoms with Crippen LogP contribution < -0.4 is 14.5 Å². The molecule has 0 bridgehead atoms. The van der Waals surface area contributed by atoms with E-state index in [1.807, 2.05) is 84.2 Å². The molecule has 0 atom stereocenters. The number of nitrogens with zero attached hydrogens (tertiary/aromatic N) is 8. The number of benzene rings is 2. The molecule has 11 heteroatoms. The Morgan fingerprint density at radius 2 is 1.77 bits per heavy atom. The fourth-order valence-electron chi connectivity index (χ4n) is 5.70. The number of aromatic nitrogens is 4. The van der Waals surface area contributed by atoms with Crippen molar-refractivity contribution >= 4 is 34.4 Å². The summed E-state index contributed by atoms with van der Waals surface area (Å²) in [6.07, 6.45) is 5.25. The predicted molar refractivity (Wildman–Crippen MR) is 170 cm³/mol. The first-order valence-electron chi connectivity index (χ1n) is 15.4. The fourth-order valence-corrected chi connectivity index (χ4v) is 5.70. The Hall–Kier alpha value is -4.51. The molecular formula is C33H40N8O3. The molecule has 2 amide bonds. The van der Waals surface area contributed by atoms with E-state index in [2.05, 4.69) is 30.9 Å². The van der Waals surface area contributed by atoms with Gasteiger partial charge in [-0.25, -0.2) is 14.6 Å². The summed E-state index contributed by atoms with van der Waals surface area (Å²) in [6, 6.07) is 15.5. The zero-order valence-corrected chi connectivity index (χ0v) is 25.7. The molecule has 2 aliphatic rings. The molecule has 0 spiro atoms. The molecule has 44 heavy (non-hydrogen) atoms. The van der Waals surface area contributed by atoms with Gasteiger partial charge in [0.1, 0.15) is 17.9 Å². The van der Waals surface area contributed by atoms with Crippen LogP contribution in [0.5, 0.6) is 5.75 Å². The van der Waals surface area contributed by atoms with Gasteiger partial charge in [0.05, 0.1) is 36.0 Å². The lowest BCUT2D eigenvalue weighted by molar-refractivity contribution is -0.119. The Morgan fingerprint density at radius 3 is 2.52 bits per heavy atom. The molecule has 1 aliphatic carbocycles. The van der Waals surface area contributed by atoms with Crippen LogP contribution in [0.2, 0.25) is 0 Å². The summed E-state index contributed by atoms with van der Waals surface area (Å²) in [5.74, 6) is 1.79. The molecule has 0 radical (unpaired) electrons. The monoisotopic (exact) mass is 596 g/mol. The number of anilines is 2. The lowest BCUT2D eigenvalue weighted by Crippen LogP contribution is -2.49. The highest BCUT2D eigenvalue weighted by Gasteiger charge is 2.36. The van der Waals surface area contributed by atoms with Crippen molar-refractivity contribution in [1.82, 2.24) is 29.5 Å². The van der Waals surface area contributed by atoms with Gasteiger partial charge in [-0.3, -0.25) is 9.59 Å². The Bertz CT molecular complexity index is 1620. The number of piperazine rings is 1. The van der Waals surface area contributed by atoms with E-state index in [0.717, 1.165) is 47.6 Å². The zero-order valence-electron chi connectivity index (χ0n) is 25.7. The summed E-state index contributed by atoms with van der Waals surface area (Å²) >= 11 is 0. The molecule has 0 unspecified atom stereocenters. The van der Waals surface area contributed by atoms with E-state index in [-0.39, 0.29) is 17.7 Å². The lowest BCUT2D eigenvalue weighted by atomic mass is 10.1. The van der Waals surface area contributed by atoms with Crippen LogP contribution in [0, 0.1) is 5.92 Å². The molecule has 0 N–H and O–H groups in total. The Kier molecular flexibility index (Phi) is 8.74. The van der Waals surface area contributed by atoms with Crippen LogP contribution >= 0.6 is 0 Å². The molecule has 1 saturated heterocycles. The number of amides is 2. The van der Waals surface area contributed by atoms with Crippen molar-refractivity contribution in [3.63, 3.8) is 0 Å². The number of para-hydroxylation sites is 1. The molecule has 230 valence electrons. The van der Waals surface area contributed by atoms with Crippen molar-refractivity contribution in [2.24, 2.45) is 5.92 Å². The van der Waals surface area contributed by atoms with Gasteiger partial charge in [0.25, 0.3) is 5.91 Å². The number of hydrogen-bond donors (Lipinski definition) is 0. The maximum atomic E-state index is 13.9. The van der Waals surface area contributed by atoms with Crippen LogP contribution in [0.4, 0.5) is 11.5 Å². The van der Waals surface area contributed by atoms with Gasteiger partial charge in [0.15, 0.2) is 5.65 Å². The Labute approximate surface area is 258 Å². The molecule has 2 aromatic carbocycles. The SMILES string of the molecule is CCOc1cccc(Cn2ncc3c(N4CCN(C(=O)c5ccccc5N(CCN(C)C)C(=O)C5CC5)CC4)ncnc32)c1. The highest BCUT2D eigenvalue weighted by Crippen LogP contribution is 2.34. The van der Waals surface area contributed by atoms with Crippen molar-refractivity contribution in [1.29, 1.82) is 0 Å². The van der Waals surface area contributed by atoms with Crippen LogP contribution in [-0.2, 0) is 11.3 Å². The number of ether oxygens (including phenoxy) is 1. The number of fused-ring (bicyclic) bond motifs is 1. The molecular weight excluding hydrogens is 556 g/mol. The van der Waals surface area contributed by atoms with Crippen molar-refractivity contribution in [2.45, 2.75) is 26.3 Å². The smallest absolute Gasteiger partial charge is 0.256 e. The molecule has 3 heterocycles. The number of carbonyl (C=O) groups is 2. The maximum absolute atomic E-state index is 13.9. The average Bonchev–Trinajstić information content (AvgIpc) is 3.82. The summed E-state index contributed by atoms with van der Waals surface area (Å²) in [4.78, 5) is 44.3. The Morgan fingerprint density at radius 1 is 0.977 bits per heavy atom.